The summed E-state index contributed by atoms with van der Waals surface area (Å²) in [6, 6.07) is 3.13. The van der Waals surface area contributed by atoms with Crippen LogP contribution in [0.4, 0.5) is 0 Å². The van der Waals surface area contributed by atoms with Crippen molar-refractivity contribution in [2.75, 3.05) is 19.6 Å². The molecule has 2 bridgehead atoms. The number of piperidine rings is 1. The van der Waals surface area contributed by atoms with Crippen LogP contribution in [-0.4, -0.2) is 57.4 Å². The van der Waals surface area contributed by atoms with Gasteiger partial charge >= 0.3 is 0 Å². The molecule has 1 saturated carbocycles. The number of amides is 2. The van der Waals surface area contributed by atoms with Gasteiger partial charge < -0.3 is 14.9 Å². The molecule has 5 rings (SSSR count). The van der Waals surface area contributed by atoms with E-state index in [1.165, 1.54) is 12.3 Å². The Morgan fingerprint density at radius 3 is 2.67 bits per heavy atom. The average Bonchev–Trinajstić information content (AvgIpc) is 2.85. The highest BCUT2D eigenvalue weighted by atomic mass is 16.3. The Balaban J connectivity index is 1.53. The lowest BCUT2D eigenvalue weighted by molar-refractivity contribution is -0.138. The highest BCUT2D eigenvalue weighted by Gasteiger charge is 2.41. The van der Waals surface area contributed by atoms with Gasteiger partial charge in [-0.15, -0.1) is 0 Å². The van der Waals surface area contributed by atoms with Gasteiger partial charge in [0.2, 0.25) is 5.91 Å². The second kappa shape index (κ2) is 6.07. The van der Waals surface area contributed by atoms with Crippen molar-refractivity contribution in [1.29, 1.82) is 0 Å². The van der Waals surface area contributed by atoms with Crippen molar-refractivity contribution in [3.63, 3.8) is 0 Å². The third-order valence-electron chi connectivity index (χ3n) is 5.73. The van der Waals surface area contributed by atoms with E-state index in [2.05, 4.69) is 4.98 Å². The van der Waals surface area contributed by atoms with Crippen molar-refractivity contribution in [3.05, 3.63) is 24.0 Å². The van der Waals surface area contributed by atoms with Gasteiger partial charge in [0, 0.05) is 37.8 Å². The highest BCUT2D eigenvalue weighted by molar-refractivity contribution is 5.95. The predicted molar refractivity (Wildman–Crippen MR) is 87.4 cm³/mol. The van der Waals surface area contributed by atoms with Crippen LogP contribution in [0.5, 0.6) is 5.75 Å². The lowest BCUT2D eigenvalue weighted by atomic mass is 9.84. The van der Waals surface area contributed by atoms with Gasteiger partial charge in [0.05, 0.1) is 0 Å². The first-order valence-electron chi connectivity index (χ1n) is 8.87. The van der Waals surface area contributed by atoms with Crippen molar-refractivity contribution >= 4 is 11.8 Å². The summed E-state index contributed by atoms with van der Waals surface area (Å²) in [6.07, 6.45) is 6.66. The second-order valence-electron chi connectivity index (χ2n) is 7.30. The summed E-state index contributed by atoms with van der Waals surface area (Å²) in [5.41, 5.74) is 0.113. The molecule has 6 nitrogen and oxygen atoms in total. The van der Waals surface area contributed by atoms with Gasteiger partial charge in [0.15, 0.2) is 5.69 Å². The largest absolute Gasteiger partial charge is 0.505 e. The Hall–Kier alpha value is -2.11. The van der Waals surface area contributed by atoms with Gasteiger partial charge in [-0.1, -0.05) is 6.42 Å². The molecule has 6 heteroatoms. The topological polar surface area (TPSA) is 73.7 Å². The van der Waals surface area contributed by atoms with Crippen LogP contribution in [0.3, 0.4) is 0 Å². The van der Waals surface area contributed by atoms with E-state index in [0.717, 1.165) is 38.6 Å². The van der Waals surface area contributed by atoms with Crippen molar-refractivity contribution in [2.45, 2.75) is 38.1 Å². The first-order valence-corrected chi connectivity index (χ1v) is 8.87. The normalized spacial score (nSPS) is 26.8. The number of nitrogens with zero attached hydrogens (tertiary/aromatic N) is 3. The summed E-state index contributed by atoms with van der Waals surface area (Å²) < 4.78 is 0. The van der Waals surface area contributed by atoms with Crippen LogP contribution < -0.4 is 0 Å². The van der Waals surface area contributed by atoms with Gasteiger partial charge in [-0.2, -0.15) is 0 Å². The summed E-state index contributed by atoms with van der Waals surface area (Å²) in [5.74, 6) is 0.493. The lowest BCUT2D eigenvalue weighted by Gasteiger charge is -2.36. The summed E-state index contributed by atoms with van der Waals surface area (Å²) in [7, 11) is 0. The van der Waals surface area contributed by atoms with Gasteiger partial charge in [-0.25, -0.2) is 4.98 Å². The fourth-order valence-corrected chi connectivity index (χ4v) is 4.12. The number of aromatic hydroxyl groups is 1. The zero-order valence-electron chi connectivity index (χ0n) is 13.7. The molecule has 0 spiro atoms. The van der Waals surface area contributed by atoms with E-state index in [-0.39, 0.29) is 35.2 Å². The number of carbonyl (C=O) groups excluding carboxylic acids is 2. The molecule has 4 fully saturated rings. The minimum atomic E-state index is -0.222. The molecule has 128 valence electrons. The van der Waals surface area contributed by atoms with E-state index in [0.29, 0.717) is 19.0 Å². The third-order valence-corrected chi connectivity index (χ3v) is 5.73. The first-order chi connectivity index (χ1) is 11.6. The number of rotatable bonds is 2. The molecular weight excluding hydrogens is 306 g/mol. The van der Waals surface area contributed by atoms with Gasteiger partial charge in [0.1, 0.15) is 5.75 Å². The molecule has 2 amide bonds. The molecule has 1 aromatic rings. The Morgan fingerprint density at radius 1 is 1.12 bits per heavy atom. The third kappa shape index (κ3) is 2.64. The molecule has 4 aliphatic rings. The monoisotopic (exact) mass is 329 g/mol. The van der Waals surface area contributed by atoms with Gasteiger partial charge in [0.25, 0.3) is 5.91 Å². The molecule has 2 atom stereocenters. The SMILES string of the molecule is O=C(C1CCC1)N1CC2CCC(C1)N(C(=O)c1ncccc1O)C2. The summed E-state index contributed by atoms with van der Waals surface area (Å²) >= 11 is 0. The molecule has 0 radical (unpaired) electrons. The van der Waals surface area contributed by atoms with E-state index in [9.17, 15) is 14.7 Å². The maximum absolute atomic E-state index is 12.8. The quantitative estimate of drug-likeness (QED) is 0.895. The molecule has 2 unspecified atom stereocenters. The fraction of sp³-hybridized carbons (Fsp3) is 0.611. The standard InChI is InChI=1S/C18H23N3O3/c22-15-5-2-8-19-16(15)18(24)21-10-12-6-7-14(21)11-20(9-12)17(23)13-3-1-4-13/h2,5,8,12-14,22H,1,3-4,6-7,9-11H2. The number of hydrogen-bond donors (Lipinski definition) is 1. The zero-order valence-corrected chi connectivity index (χ0v) is 13.7. The summed E-state index contributed by atoms with van der Waals surface area (Å²) in [5, 5.41) is 9.93. The van der Waals surface area contributed by atoms with Crippen molar-refractivity contribution in [2.24, 2.45) is 11.8 Å². The summed E-state index contributed by atoms with van der Waals surface area (Å²) in [6.45, 7) is 2.02. The fourth-order valence-electron chi connectivity index (χ4n) is 4.12. The van der Waals surface area contributed by atoms with Crippen LogP contribution >= 0.6 is 0 Å². The van der Waals surface area contributed by atoms with Crippen LogP contribution in [-0.2, 0) is 4.79 Å². The minimum absolute atomic E-state index is 0.0293. The molecular formula is C18H23N3O3. The lowest BCUT2D eigenvalue weighted by Crippen LogP contribution is -2.48. The predicted octanol–water partition coefficient (Wildman–Crippen LogP) is 1.65. The maximum atomic E-state index is 12.8. The van der Waals surface area contributed by atoms with E-state index in [1.54, 1.807) is 6.07 Å². The number of fused-ring (bicyclic) bond motifs is 4. The number of pyridine rings is 1. The van der Waals surface area contributed by atoms with Crippen molar-refractivity contribution < 1.29 is 14.7 Å². The number of aromatic nitrogens is 1. The molecule has 1 N–H and O–H groups in total. The molecule has 3 aliphatic heterocycles. The Bertz CT molecular complexity index is 659. The molecule has 1 aliphatic carbocycles. The zero-order chi connectivity index (χ0) is 16.7. The molecule has 4 heterocycles. The minimum Gasteiger partial charge on any atom is -0.505 e. The summed E-state index contributed by atoms with van der Waals surface area (Å²) in [4.78, 5) is 33.3. The highest BCUT2D eigenvalue weighted by Crippen LogP contribution is 2.33. The second-order valence-corrected chi connectivity index (χ2v) is 7.30. The van der Waals surface area contributed by atoms with Gasteiger partial charge in [-0.05, 0) is 43.7 Å². The van der Waals surface area contributed by atoms with E-state index < -0.39 is 0 Å². The van der Waals surface area contributed by atoms with Crippen LogP contribution in [0.2, 0.25) is 0 Å². The first kappa shape index (κ1) is 15.4. The van der Waals surface area contributed by atoms with Gasteiger partial charge in [-0.3, -0.25) is 9.59 Å². The van der Waals surface area contributed by atoms with Crippen LogP contribution in [0.1, 0.15) is 42.6 Å². The molecule has 3 saturated heterocycles. The maximum Gasteiger partial charge on any atom is 0.276 e. The smallest absolute Gasteiger partial charge is 0.276 e. The number of carbonyl (C=O) groups is 2. The van der Waals surface area contributed by atoms with Crippen LogP contribution in [0.15, 0.2) is 18.3 Å². The molecule has 1 aromatic heterocycles. The molecule has 24 heavy (non-hydrogen) atoms. The number of hydrogen-bond acceptors (Lipinski definition) is 4. The molecule has 0 aromatic carbocycles. The van der Waals surface area contributed by atoms with E-state index in [4.69, 9.17) is 0 Å². The Morgan fingerprint density at radius 2 is 1.96 bits per heavy atom. The Labute approximate surface area is 141 Å². The van der Waals surface area contributed by atoms with Crippen molar-refractivity contribution in [3.8, 4) is 5.75 Å². The van der Waals surface area contributed by atoms with E-state index in [1.807, 2.05) is 9.80 Å². The Kier molecular flexibility index (Phi) is 3.90. The van der Waals surface area contributed by atoms with Crippen LogP contribution in [0, 0.1) is 11.8 Å². The van der Waals surface area contributed by atoms with E-state index >= 15 is 0 Å². The van der Waals surface area contributed by atoms with Crippen LogP contribution in [0.25, 0.3) is 0 Å². The van der Waals surface area contributed by atoms with Crippen molar-refractivity contribution in [1.82, 2.24) is 14.8 Å². The average molecular weight is 329 g/mol.